The average molecular weight is 266 g/mol. The van der Waals surface area contributed by atoms with Gasteiger partial charge in [0, 0.05) is 13.2 Å². The molecule has 0 aromatic heterocycles. The molecule has 0 saturated carbocycles. The van der Waals surface area contributed by atoms with Gasteiger partial charge in [0.2, 0.25) is 0 Å². The molecule has 0 aliphatic heterocycles. The van der Waals surface area contributed by atoms with Crippen molar-refractivity contribution in [2.75, 3.05) is 41.5 Å². The summed E-state index contributed by atoms with van der Waals surface area (Å²) >= 11 is 0. The van der Waals surface area contributed by atoms with Crippen molar-refractivity contribution in [3.63, 3.8) is 0 Å². The van der Waals surface area contributed by atoms with Crippen molar-refractivity contribution in [2.45, 2.75) is 20.3 Å². The highest BCUT2D eigenvalue weighted by atomic mass is 16.5. The van der Waals surface area contributed by atoms with Crippen molar-refractivity contribution in [2.24, 2.45) is 0 Å². The van der Waals surface area contributed by atoms with Crippen molar-refractivity contribution < 1.29 is 9.47 Å². The van der Waals surface area contributed by atoms with Gasteiger partial charge in [-0.05, 0) is 57.1 Å². The molecule has 0 amide bonds. The van der Waals surface area contributed by atoms with E-state index in [-0.39, 0.29) is 0 Å². The topological polar surface area (TPSA) is 33.7 Å². The van der Waals surface area contributed by atoms with E-state index in [2.05, 4.69) is 37.2 Å². The number of benzene rings is 1. The Balaban J connectivity index is 2.95. The van der Waals surface area contributed by atoms with E-state index < -0.39 is 0 Å². The van der Waals surface area contributed by atoms with Crippen LogP contribution in [0.1, 0.15) is 16.7 Å². The first-order valence-electron chi connectivity index (χ1n) is 6.59. The van der Waals surface area contributed by atoms with Crippen molar-refractivity contribution in [3.05, 3.63) is 22.8 Å². The number of nitrogens with zero attached hydrogens (tertiary/aromatic N) is 1. The van der Waals surface area contributed by atoms with Crippen LogP contribution in [0.5, 0.6) is 11.5 Å². The van der Waals surface area contributed by atoms with Gasteiger partial charge in [0.25, 0.3) is 0 Å². The summed E-state index contributed by atoms with van der Waals surface area (Å²) < 4.78 is 11.0. The van der Waals surface area contributed by atoms with Gasteiger partial charge in [0.05, 0.1) is 14.2 Å². The first kappa shape index (κ1) is 15.8. The molecule has 0 aliphatic rings. The summed E-state index contributed by atoms with van der Waals surface area (Å²) in [5.74, 6) is 1.92. The summed E-state index contributed by atoms with van der Waals surface area (Å²) in [4.78, 5) is 2.24. The molecule has 0 spiro atoms. The Labute approximate surface area is 116 Å². The molecule has 0 atom stereocenters. The SMILES string of the molecule is CNCN(C)CCc1cc(OC)c(C)c(C)c1OC. The first-order chi connectivity index (χ1) is 9.04. The average Bonchev–Trinajstić information content (AvgIpc) is 2.40. The quantitative estimate of drug-likeness (QED) is 0.765. The third-order valence-corrected chi connectivity index (χ3v) is 3.48. The van der Waals surface area contributed by atoms with Crippen molar-refractivity contribution in [1.29, 1.82) is 0 Å². The normalized spacial score (nSPS) is 10.9. The Morgan fingerprint density at radius 3 is 2.37 bits per heavy atom. The van der Waals surface area contributed by atoms with E-state index >= 15 is 0 Å². The number of methoxy groups -OCH3 is 2. The Bertz CT molecular complexity index is 419. The van der Waals surface area contributed by atoms with Gasteiger partial charge in [-0.15, -0.1) is 0 Å². The van der Waals surface area contributed by atoms with Gasteiger partial charge in [-0.25, -0.2) is 0 Å². The fraction of sp³-hybridized carbons (Fsp3) is 0.600. The highest BCUT2D eigenvalue weighted by molar-refractivity contribution is 5.52. The molecule has 4 heteroatoms. The minimum absolute atomic E-state index is 0.879. The zero-order chi connectivity index (χ0) is 14.4. The van der Waals surface area contributed by atoms with Crippen LogP contribution in [0.15, 0.2) is 6.07 Å². The largest absolute Gasteiger partial charge is 0.496 e. The van der Waals surface area contributed by atoms with Gasteiger partial charge in [0.15, 0.2) is 0 Å². The molecule has 1 aromatic rings. The van der Waals surface area contributed by atoms with E-state index in [1.165, 1.54) is 5.56 Å². The lowest BCUT2D eigenvalue weighted by Gasteiger charge is -2.19. The van der Waals surface area contributed by atoms with Gasteiger partial charge in [0.1, 0.15) is 11.5 Å². The lowest BCUT2D eigenvalue weighted by Crippen LogP contribution is -2.30. The number of ether oxygens (including phenoxy) is 2. The van der Waals surface area contributed by atoms with Crippen LogP contribution < -0.4 is 14.8 Å². The molecule has 0 aliphatic carbocycles. The van der Waals surface area contributed by atoms with E-state index in [0.717, 1.165) is 42.3 Å². The molecule has 0 unspecified atom stereocenters. The monoisotopic (exact) mass is 266 g/mol. The molecule has 1 N–H and O–H groups in total. The fourth-order valence-electron chi connectivity index (χ4n) is 2.27. The zero-order valence-electron chi connectivity index (χ0n) is 13.0. The zero-order valence-corrected chi connectivity index (χ0v) is 13.0. The Morgan fingerprint density at radius 1 is 1.16 bits per heavy atom. The highest BCUT2D eigenvalue weighted by Gasteiger charge is 2.14. The second-order valence-electron chi connectivity index (χ2n) is 4.86. The molecular weight excluding hydrogens is 240 g/mol. The predicted molar refractivity (Wildman–Crippen MR) is 79.3 cm³/mol. The molecule has 1 aromatic carbocycles. The number of hydrogen-bond donors (Lipinski definition) is 1. The van der Waals surface area contributed by atoms with Gasteiger partial charge in [-0.1, -0.05) is 0 Å². The standard InChI is InChI=1S/C15H26N2O2/c1-11-12(2)15(19-6)13(9-14(11)18-5)7-8-17(4)10-16-3/h9,16H,7-8,10H2,1-6H3. The summed E-state index contributed by atoms with van der Waals surface area (Å²) in [6.07, 6.45) is 0.943. The van der Waals surface area contributed by atoms with Crippen molar-refractivity contribution >= 4 is 0 Å². The lowest BCUT2D eigenvalue weighted by atomic mass is 10.0. The molecule has 0 bridgehead atoms. The van der Waals surface area contributed by atoms with Crippen molar-refractivity contribution in [1.82, 2.24) is 10.2 Å². The second kappa shape index (κ2) is 7.36. The Hall–Kier alpha value is -1.26. The van der Waals surface area contributed by atoms with Crippen LogP contribution >= 0.6 is 0 Å². The third kappa shape index (κ3) is 3.85. The van der Waals surface area contributed by atoms with Crippen LogP contribution in [-0.4, -0.2) is 46.4 Å². The second-order valence-corrected chi connectivity index (χ2v) is 4.86. The highest BCUT2D eigenvalue weighted by Crippen LogP contribution is 2.33. The van der Waals surface area contributed by atoms with Gasteiger partial charge >= 0.3 is 0 Å². The fourth-order valence-corrected chi connectivity index (χ4v) is 2.27. The van der Waals surface area contributed by atoms with Gasteiger partial charge in [-0.3, -0.25) is 4.90 Å². The molecule has 0 fully saturated rings. The van der Waals surface area contributed by atoms with Crippen LogP contribution in [0.25, 0.3) is 0 Å². The number of likely N-dealkylation sites (N-methyl/N-ethyl adjacent to an activating group) is 1. The summed E-state index contributed by atoms with van der Waals surface area (Å²) in [5, 5.41) is 3.15. The first-order valence-corrected chi connectivity index (χ1v) is 6.59. The molecule has 0 heterocycles. The third-order valence-electron chi connectivity index (χ3n) is 3.48. The number of nitrogens with one attached hydrogen (secondary N) is 1. The van der Waals surface area contributed by atoms with Gasteiger partial charge < -0.3 is 14.8 Å². The predicted octanol–water partition coefficient (Wildman–Crippen LogP) is 1.97. The van der Waals surface area contributed by atoms with E-state index in [0.29, 0.717) is 0 Å². The molecule has 19 heavy (non-hydrogen) atoms. The van der Waals surface area contributed by atoms with Crippen LogP contribution in [0.2, 0.25) is 0 Å². The molecule has 4 nitrogen and oxygen atoms in total. The smallest absolute Gasteiger partial charge is 0.125 e. The molecule has 0 saturated heterocycles. The van der Waals surface area contributed by atoms with Crippen LogP contribution in [-0.2, 0) is 6.42 Å². The van der Waals surface area contributed by atoms with Gasteiger partial charge in [-0.2, -0.15) is 0 Å². The van der Waals surface area contributed by atoms with Crippen LogP contribution in [0.4, 0.5) is 0 Å². The minimum Gasteiger partial charge on any atom is -0.496 e. The molecule has 0 radical (unpaired) electrons. The summed E-state index contributed by atoms with van der Waals surface area (Å²) in [5.41, 5.74) is 3.50. The Morgan fingerprint density at radius 2 is 1.84 bits per heavy atom. The lowest BCUT2D eigenvalue weighted by molar-refractivity contribution is 0.318. The number of rotatable bonds is 7. The van der Waals surface area contributed by atoms with Crippen molar-refractivity contribution in [3.8, 4) is 11.5 Å². The van der Waals surface area contributed by atoms with E-state index in [1.807, 2.05) is 7.05 Å². The van der Waals surface area contributed by atoms with Crippen LogP contribution in [0.3, 0.4) is 0 Å². The maximum atomic E-state index is 5.56. The van der Waals surface area contributed by atoms with E-state index in [9.17, 15) is 0 Å². The molecule has 1 rings (SSSR count). The van der Waals surface area contributed by atoms with Crippen LogP contribution in [0, 0.1) is 13.8 Å². The molecular formula is C15H26N2O2. The summed E-state index contributed by atoms with van der Waals surface area (Å²) in [6.45, 7) is 6.00. The maximum absolute atomic E-state index is 5.56. The summed E-state index contributed by atoms with van der Waals surface area (Å²) in [7, 11) is 7.50. The maximum Gasteiger partial charge on any atom is 0.125 e. The molecule has 108 valence electrons. The number of hydrogen-bond acceptors (Lipinski definition) is 4. The van der Waals surface area contributed by atoms with E-state index in [1.54, 1.807) is 14.2 Å². The summed E-state index contributed by atoms with van der Waals surface area (Å²) in [6, 6.07) is 2.09. The van der Waals surface area contributed by atoms with E-state index in [4.69, 9.17) is 9.47 Å². The Kier molecular flexibility index (Phi) is 6.12. The minimum atomic E-state index is 0.879.